The molecule has 0 aliphatic heterocycles. The lowest BCUT2D eigenvalue weighted by atomic mass is 10.1. The van der Waals surface area contributed by atoms with Gasteiger partial charge < -0.3 is 5.32 Å². The topological polar surface area (TPSA) is 37.8 Å². The van der Waals surface area contributed by atoms with E-state index in [4.69, 9.17) is 0 Å². The lowest BCUT2D eigenvalue weighted by Gasteiger charge is -2.09. The van der Waals surface area contributed by atoms with Crippen molar-refractivity contribution in [2.24, 2.45) is 0 Å². The van der Waals surface area contributed by atoms with Gasteiger partial charge in [-0.1, -0.05) is 12.1 Å². The summed E-state index contributed by atoms with van der Waals surface area (Å²) in [5.41, 5.74) is 1.90. The van der Waals surface area contributed by atoms with Crippen molar-refractivity contribution in [2.75, 3.05) is 5.32 Å². The molecule has 6 heteroatoms. The second-order valence-corrected chi connectivity index (χ2v) is 5.64. The Labute approximate surface area is 134 Å². The van der Waals surface area contributed by atoms with E-state index in [0.717, 1.165) is 16.5 Å². The van der Waals surface area contributed by atoms with Crippen molar-refractivity contribution in [3.05, 3.63) is 64.4 Å². The number of aromatic nitrogens is 2. The Hall–Kier alpha value is -2.08. The molecule has 3 rings (SSSR count). The molecule has 0 aliphatic carbocycles. The Morgan fingerprint density at radius 1 is 1.14 bits per heavy atom. The molecule has 3 aromatic rings. The summed E-state index contributed by atoms with van der Waals surface area (Å²) in [5.74, 6) is 0.538. The molecule has 0 atom stereocenters. The Kier molecular flexibility index (Phi) is 4.29. The van der Waals surface area contributed by atoms with Crippen molar-refractivity contribution >= 4 is 32.7 Å². The molecule has 0 amide bonds. The number of nitrogens with zero attached hydrogens (tertiary/aromatic N) is 2. The van der Waals surface area contributed by atoms with E-state index in [1.54, 1.807) is 6.20 Å². The number of anilines is 1. The van der Waals surface area contributed by atoms with E-state index >= 15 is 0 Å². The van der Waals surface area contributed by atoms with Crippen LogP contribution in [0.5, 0.6) is 0 Å². The Morgan fingerprint density at radius 3 is 2.77 bits per heavy atom. The molecule has 2 aromatic heterocycles. The molecule has 0 bridgehead atoms. The fourth-order valence-electron chi connectivity index (χ4n) is 2.12. The van der Waals surface area contributed by atoms with Gasteiger partial charge in [0.05, 0.1) is 9.99 Å². The van der Waals surface area contributed by atoms with Gasteiger partial charge in [-0.2, -0.15) is 0 Å². The van der Waals surface area contributed by atoms with E-state index in [2.05, 4.69) is 31.2 Å². The van der Waals surface area contributed by atoms with Crippen molar-refractivity contribution in [1.82, 2.24) is 9.97 Å². The quantitative estimate of drug-likeness (QED) is 0.713. The van der Waals surface area contributed by atoms with Gasteiger partial charge in [0.1, 0.15) is 5.82 Å². The summed E-state index contributed by atoms with van der Waals surface area (Å²) < 4.78 is 25.7. The Morgan fingerprint density at radius 2 is 2.00 bits per heavy atom. The minimum atomic E-state index is -2.52. The first-order valence-corrected chi connectivity index (χ1v) is 7.44. The molecule has 0 saturated carbocycles. The summed E-state index contributed by atoms with van der Waals surface area (Å²) >= 11 is 3.26. The van der Waals surface area contributed by atoms with Crippen LogP contribution in [-0.2, 0) is 6.54 Å². The molecule has 112 valence electrons. The van der Waals surface area contributed by atoms with Gasteiger partial charge >= 0.3 is 0 Å². The molecule has 22 heavy (non-hydrogen) atoms. The summed E-state index contributed by atoms with van der Waals surface area (Å²) in [5, 5.41) is 4.19. The third-order valence-electron chi connectivity index (χ3n) is 3.24. The van der Waals surface area contributed by atoms with Crippen LogP contribution < -0.4 is 5.32 Å². The molecule has 0 spiro atoms. The largest absolute Gasteiger partial charge is 0.365 e. The van der Waals surface area contributed by atoms with Crippen LogP contribution in [0.2, 0.25) is 0 Å². The van der Waals surface area contributed by atoms with Gasteiger partial charge in [-0.15, -0.1) is 0 Å². The van der Waals surface area contributed by atoms with Crippen LogP contribution in [0.4, 0.5) is 14.6 Å². The predicted octanol–water partition coefficient (Wildman–Crippen LogP) is 4.94. The first-order valence-electron chi connectivity index (χ1n) is 6.64. The van der Waals surface area contributed by atoms with Crippen LogP contribution >= 0.6 is 15.9 Å². The monoisotopic (exact) mass is 363 g/mol. The van der Waals surface area contributed by atoms with Gasteiger partial charge in [-0.3, -0.25) is 4.98 Å². The molecular formula is C16H12BrF2N3. The van der Waals surface area contributed by atoms with Crippen LogP contribution in [0.25, 0.3) is 10.9 Å². The zero-order valence-corrected chi connectivity index (χ0v) is 13.0. The molecular weight excluding hydrogens is 352 g/mol. The summed E-state index contributed by atoms with van der Waals surface area (Å²) in [6.45, 7) is 0.546. The molecule has 1 aromatic carbocycles. The maximum Gasteiger partial charge on any atom is 0.265 e. The van der Waals surface area contributed by atoms with Crippen molar-refractivity contribution in [3.8, 4) is 0 Å². The van der Waals surface area contributed by atoms with E-state index in [0.29, 0.717) is 16.8 Å². The average Bonchev–Trinajstić information content (AvgIpc) is 2.53. The van der Waals surface area contributed by atoms with Gasteiger partial charge in [-0.25, -0.2) is 13.8 Å². The highest BCUT2D eigenvalue weighted by Crippen LogP contribution is 2.26. The van der Waals surface area contributed by atoms with Gasteiger partial charge in [-0.05, 0) is 45.8 Å². The van der Waals surface area contributed by atoms with Crippen LogP contribution in [0.15, 0.2) is 53.3 Å². The molecule has 0 aliphatic rings. The molecule has 1 N–H and O–H groups in total. The van der Waals surface area contributed by atoms with Crippen molar-refractivity contribution < 1.29 is 8.78 Å². The second-order valence-electron chi connectivity index (χ2n) is 4.78. The SMILES string of the molecule is FC(F)c1cnc(NCc2ccc3ncccc3c2)c(Br)c1. The molecule has 3 nitrogen and oxygen atoms in total. The molecule has 2 heterocycles. The second kappa shape index (κ2) is 6.36. The first-order chi connectivity index (χ1) is 10.6. The third kappa shape index (κ3) is 3.22. The third-order valence-corrected chi connectivity index (χ3v) is 3.85. The van der Waals surface area contributed by atoms with Crippen molar-refractivity contribution in [3.63, 3.8) is 0 Å². The molecule has 0 unspecified atom stereocenters. The average molecular weight is 364 g/mol. The predicted molar refractivity (Wildman–Crippen MR) is 86.0 cm³/mol. The van der Waals surface area contributed by atoms with Crippen molar-refractivity contribution in [2.45, 2.75) is 13.0 Å². The molecule has 0 fully saturated rings. The number of hydrogen-bond donors (Lipinski definition) is 1. The fraction of sp³-hybridized carbons (Fsp3) is 0.125. The fourth-order valence-corrected chi connectivity index (χ4v) is 2.63. The zero-order valence-electron chi connectivity index (χ0n) is 11.4. The Balaban J connectivity index is 1.76. The van der Waals surface area contributed by atoms with E-state index in [-0.39, 0.29) is 5.56 Å². The Bertz CT molecular complexity index is 808. The minimum absolute atomic E-state index is 0.103. The lowest BCUT2D eigenvalue weighted by Crippen LogP contribution is -2.03. The summed E-state index contributed by atoms with van der Waals surface area (Å²) in [6.07, 6.45) is 0.416. The summed E-state index contributed by atoms with van der Waals surface area (Å²) in [6, 6.07) is 11.2. The highest BCUT2D eigenvalue weighted by Gasteiger charge is 2.10. The molecule has 0 saturated heterocycles. The van der Waals surface area contributed by atoms with E-state index in [1.807, 2.05) is 30.3 Å². The number of alkyl halides is 2. The van der Waals surface area contributed by atoms with Gasteiger partial charge in [0.2, 0.25) is 0 Å². The number of halogens is 3. The van der Waals surface area contributed by atoms with E-state index < -0.39 is 6.43 Å². The van der Waals surface area contributed by atoms with Crippen LogP contribution in [0, 0.1) is 0 Å². The van der Waals surface area contributed by atoms with Crippen LogP contribution in [0.1, 0.15) is 17.6 Å². The number of benzene rings is 1. The van der Waals surface area contributed by atoms with Crippen molar-refractivity contribution in [1.29, 1.82) is 0 Å². The standard InChI is InChI=1S/C16H12BrF2N3/c17-13-7-12(15(18)19)9-22-16(13)21-8-10-3-4-14-11(6-10)2-1-5-20-14/h1-7,9,15H,8H2,(H,21,22). The van der Waals surface area contributed by atoms with Gasteiger partial charge in [0.15, 0.2) is 0 Å². The highest BCUT2D eigenvalue weighted by molar-refractivity contribution is 9.10. The van der Waals surface area contributed by atoms with Gasteiger partial charge in [0, 0.05) is 29.9 Å². The number of hydrogen-bond acceptors (Lipinski definition) is 3. The highest BCUT2D eigenvalue weighted by atomic mass is 79.9. The maximum absolute atomic E-state index is 12.6. The summed E-state index contributed by atoms with van der Waals surface area (Å²) in [7, 11) is 0. The van der Waals surface area contributed by atoms with E-state index in [9.17, 15) is 8.78 Å². The molecule has 0 radical (unpaired) electrons. The van der Waals surface area contributed by atoms with Gasteiger partial charge in [0.25, 0.3) is 6.43 Å². The maximum atomic E-state index is 12.6. The zero-order chi connectivity index (χ0) is 15.5. The number of rotatable bonds is 4. The van der Waals surface area contributed by atoms with Crippen LogP contribution in [0.3, 0.4) is 0 Å². The van der Waals surface area contributed by atoms with Crippen LogP contribution in [-0.4, -0.2) is 9.97 Å². The smallest absolute Gasteiger partial charge is 0.265 e. The number of pyridine rings is 2. The first kappa shape index (κ1) is 14.8. The normalized spacial score (nSPS) is 11.1. The minimum Gasteiger partial charge on any atom is -0.365 e. The summed E-state index contributed by atoms with van der Waals surface area (Å²) in [4.78, 5) is 8.30. The number of fused-ring (bicyclic) bond motifs is 1. The van der Waals surface area contributed by atoms with E-state index in [1.165, 1.54) is 12.3 Å². The lowest BCUT2D eigenvalue weighted by molar-refractivity contribution is 0.151. The number of nitrogens with one attached hydrogen (secondary N) is 1.